The molecule has 0 aromatic heterocycles. The minimum Gasteiger partial charge on any atom is -0.352 e. The first-order valence-electron chi connectivity index (χ1n) is 7.08. The van der Waals surface area contributed by atoms with Crippen molar-refractivity contribution in [1.82, 2.24) is 5.32 Å². The van der Waals surface area contributed by atoms with Crippen LogP contribution < -0.4 is 5.32 Å². The van der Waals surface area contributed by atoms with Crippen molar-refractivity contribution >= 4 is 5.91 Å². The summed E-state index contributed by atoms with van der Waals surface area (Å²) >= 11 is 0. The van der Waals surface area contributed by atoms with Gasteiger partial charge in [-0.3, -0.25) is 4.79 Å². The van der Waals surface area contributed by atoms with Crippen LogP contribution in [-0.2, 0) is 6.18 Å². The van der Waals surface area contributed by atoms with Crippen molar-refractivity contribution < 1.29 is 18.0 Å². The summed E-state index contributed by atoms with van der Waals surface area (Å²) in [6.45, 7) is 8.74. The van der Waals surface area contributed by atoms with Gasteiger partial charge in [-0.1, -0.05) is 33.8 Å². The van der Waals surface area contributed by atoms with E-state index < -0.39 is 17.6 Å². The van der Waals surface area contributed by atoms with E-state index in [1.807, 2.05) is 0 Å². The van der Waals surface area contributed by atoms with Gasteiger partial charge in [-0.25, -0.2) is 0 Å². The van der Waals surface area contributed by atoms with Gasteiger partial charge in [-0.2, -0.15) is 13.2 Å². The molecule has 0 aliphatic carbocycles. The number of amides is 1. The van der Waals surface area contributed by atoms with Crippen LogP contribution in [0.2, 0.25) is 0 Å². The summed E-state index contributed by atoms with van der Waals surface area (Å²) < 4.78 is 37.9. The molecule has 5 heteroatoms. The third kappa shape index (κ3) is 5.06. The number of benzene rings is 1. The summed E-state index contributed by atoms with van der Waals surface area (Å²) in [4.78, 5) is 12.0. The maximum atomic E-state index is 12.6. The van der Waals surface area contributed by atoms with Crippen molar-refractivity contribution in [2.75, 3.05) is 6.54 Å². The second-order valence-electron chi connectivity index (χ2n) is 5.94. The van der Waals surface area contributed by atoms with Gasteiger partial charge in [0.1, 0.15) is 0 Å². The van der Waals surface area contributed by atoms with Crippen molar-refractivity contribution in [2.45, 2.75) is 33.9 Å². The lowest BCUT2D eigenvalue weighted by atomic mass is 9.85. The van der Waals surface area contributed by atoms with E-state index in [4.69, 9.17) is 0 Å². The third-order valence-corrected chi connectivity index (χ3v) is 3.66. The molecule has 1 aromatic rings. The number of hydrogen-bond acceptors (Lipinski definition) is 1. The largest absolute Gasteiger partial charge is 0.416 e. The monoisotopic (exact) mass is 301 g/mol. The van der Waals surface area contributed by atoms with Crippen LogP contribution >= 0.6 is 0 Å². The van der Waals surface area contributed by atoms with E-state index in [9.17, 15) is 18.0 Å². The molecule has 1 amide bonds. The van der Waals surface area contributed by atoms with Crippen LogP contribution in [0.3, 0.4) is 0 Å². The van der Waals surface area contributed by atoms with E-state index in [0.717, 1.165) is 12.1 Å². The Bertz CT molecular complexity index is 473. The predicted molar refractivity (Wildman–Crippen MR) is 76.9 cm³/mol. The number of nitrogens with one attached hydrogen (secondary N) is 1. The van der Waals surface area contributed by atoms with Crippen LogP contribution in [-0.4, -0.2) is 12.5 Å². The molecule has 1 N–H and O–H groups in total. The van der Waals surface area contributed by atoms with E-state index in [1.54, 1.807) is 0 Å². The lowest BCUT2D eigenvalue weighted by molar-refractivity contribution is -0.137. The lowest BCUT2D eigenvalue weighted by Gasteiger charge is -2.25. The zero-order valence-corrected chi connectivity index (χ0v) is 12.8. The molecule has 0 saturated carbocycles. The van der Waals surface area contributed by atoms with Crippen LogP contribution in [0.1, 0.15) is 43.6 Å². The molecule has 0 aliphatic rings. The van der Waals surface area contributed by atoms with E-state index in [0.29, 0.717) is 24.3 Å². The van der Waals surface area contributed by atoms with Crippen molar-refractivity contribution in [3.63, 3.8) is 0 Å². The standard InChI is InChI=1S/C16H22F3NO/c1-10(2)14(11(3)4)9-20-15(21)12-6-5-7-13(8-12)16(17,18)19/h5-8,10-11,14H,9H2,1-4H3,(H,20,21). The Morgan fingerprint density at radius 1 is 1.14 bits per heavy atom. The Balaban J connectivity index is 2.76. The SMILES string of the molecule is CC(C)C(CNC(=O)c1cccc(C(F)(F)F)c1)C(C)C. The summed E-state index contributed by atoms with van der Waals surface area (Å²) in [6, 6.07) is 4.49. The van der Waals surface area contributed by atoms with E-state index >= 15 is 0 Å². The van der Waals surface area contributed by atoms with Crippen LogP contribution in [0.25, 0.3) is 0 Å². The summed E-state index contributed by atoms with van der Waals surface area (Å²) in [5.41, 5.74) is -0.768. The molecule has 1 rings (SSSR count). The molecule has 0 unspecified atom stereocenters. The Hall–Kier alpha value is -1.52. The number of hydrogen-bond donors (Lipinski definition) is 1. The lowest BCUT2D eigenvalue weighted by Crippen LogP contribution is -2.34. The number of alkyl halides is 3. The summed E-state index contributed by atoms with van der Waals surface area (Å²) in [6.07, 6.45) is -4.44. The second-order valence-corrected chi connectivity index (χ2v) is 5.94. The molecule has 21 heavy (non-hydrogen) atoms. The van der Waals surface area contributed by atoms with E-state index in [1.165, 1.54) is 12.1 Å². The zero-order valence-electron chi connectivity index (χ0n) is 12.8. The average Bonchev–Trinajstić information content (AvgIpc) is 2.37. The van der Waals surface area contributed by atoms with Gasteiger partial charge in [0.15, 0.2) is 0 Å². The normalized spacial score (nSPS) is 12.3. The highest BCUT2D eigenvalue weighted by atomic mass is 19.4. The van der Waals surface area contributed by atoms with Gasteiger partial charge >= 0.3 is 6.18 Å². The van der Waals surface area contributed by atoms with Gasteiger partial charge in [0.2, 0.25) is 0 Å². The van der Waals surface area contributed by atoms with Gasteiger partial charge in [0.25, 0.3) is 5.91 Å². The van der Waals surface area contributed by atoms with Crippen molar-refractivity contribution in [1.29, 1.82) is 0 Å². The van der Waals surface area contributed by atoms with Gasteiger partial charge in [-0.05, 0) is 36.0 Å². The fourth-order valence-corrected chi connectivity index (χ4v) is 2.39. The highest BCUT2D eigenvalue weighted by molar-refractivity contribution is 5.94. The molecule has 0 saturated heterocycles. The van der Waals surface area contributed by atoms with Crippen molar-refractivity contribution in [2.24, 2.45) is 17.8 Å². The first kappa shape index (κ1) is 17.5. The van der Waals surface area contributed by atoms with Gasteiger partial charge in [0, 0.05) is 12.1 Å². The van der Waals surface area contributed by atoms with Crippen LogP contribution in [0, 0.1) is 17.8 Å². The van der Waals surface area contributed by atoms with Gasteiger partial charge in [-0.15, -0.1) is 0 Å². The maximum absolute atomic E-state index is 12.6. The number of carbonyl (C=O) groups is 1. The molecule has 0 heterocycles. The first-order valence-corrected chi connectivity index (χ1v) is 7.08. The fraction of sp³-hybridized carbons (Fsp3) is 0.562. The number of carbonyl (C=O) groups excluding carboxylic acids is 1. The topological polar surface area (TPSA) is 29.1 Å². The Morgan fingerprint density at radius 2 is 1.71 bits per heavy atom. The Morgan fingerprint density at radius 3 is 2.19 bits per heavy atom. The molecule has 0 bridgehead atoms. The summed E-state index contributed by atoms with van der Waals surface area (Å²) in [5, 5.41) is 2.73. The minimum atomic E-state index is -4.44. The van der Waals surface area contributed by atoms with Gasteiger partial charge in [0.05, 0.1) is 5.56 Å². The molecular weight excluding hydrogens is 279 g/mol. The van der Waals surface area contributed by atoms with Crippen LogP contribution in [0.4, 0.5) is 13.2 Å². The molecule has 1 aromatic carbocycles. The molecule has 118 valence electrons. The number of rotatable bonds is 5. The molecule has 0 aliphatic heterocycles. The number of halogens is 3. The maximum Gasteiger partial charge on any atom is 0.416 e. The zero-order chi connectivity index (χ0) is 16.2. The summed E-state index contributed by atoms with van der Waals surface area (Å²) in [5.74, 6) is 0.616. The molecular formula is C16H22F3NO. The fourth-order valence-electron chi connectivity index (χ4n) is 2.39. The van der Waals surface area contributed by atoms with E-state index in [2.05, 4.69) is 33.0 Å². The minimum absolute atomic E-state index is 0.0380. The smallest absolute Gasteiger partial charge is 0.352 e. The van der Waals surface area contributed by atoms with Crippen LogP contribution in [0.5, 0.6) is 0 Å². The third-order valence-electron chi connectivity index (χ3n) is 3.66. The average molecular weight is 301 g/mol. The highest BCUT2D eigenvalue weighted by Gasteiger charge is 2.31. The van der Waals surface area contributed by atoms with Crippen LogP contribution in [0.15, 0.2) is 24.3 Å². The van der Waals surface area contributed by atoms with Crippen molar-refractivity contribution in [3.05, 3.63) is 35.4 Å². The van der Waals surface area contributed by atoms with Crippen molar-refractivity contribution in [3.8, 4) is 0 Å². The first-order chi connectivity index (χ1) is 9.62. The second kappa shape index (κ2) is 6.96. The Kier molecular flexibility index (Phi) is 5.81. The van der Waals surface area contributed by atoms with Gasteiger partial charge < -0.3 is 5.32 Å². The predicted octanol–water partition coefficient (Wildman–Crippen LogP) is 4.36. The van der Waals surface area contributed by atoms with E-state index in [-0.39, 0.29) is 5.56 Å². The molecule has 0 atom stereocenters. The molecule has 0 fully saturated rings. The molecule has 0 radical (unpaired) electrons. The molecule has 2 nitrogen and oxygen atoms in total. The summed E-state index contributed by atoms with van der Waals surface area (Å²) in [7, 11) is 0. The molecule has 0 spiro atoms. The Labute approximate surface area is 123 Å². The highest BCUT2D eigenvalue weighted by Crippen LogP contribution is 2.29. The quantitative estimate of drug-likeness (QED) is 0.860.